The van der Waals surface area contributed by atoms with E-state index in [1.807, 2.05) is 81.4 Å². The SMILES string of the molecule is CC=CCC(C)C1OC(C)C2C(=O)N(C)C1C(=O)NC(CC)C(=O)N(C)C(C)C(=O)N(C)C(C(C)COC(=O)N1CCOCC1)C1OC1NC(C(C)C)C(=O)N(C)C(CC(C)C)C(=O)NC(C)C(=O)NC(C)C(=O)N(C)C(CC(C)C)C(=O)N(C)C(CC(C)C)C(=O)N2C. The van der Waals surface area contributed by atoms with Crippen LogP contribution in [0, 0.1) is 35.5 Å². The number of nitrogens with one attached hydrogen (secondary N) is 4. The molecule has 0 aromatic rings. The van der Waals surface area contributed by atoms with E-state index in [4.69, 9.17) is 18.9 Å². The number of hydrogen-bond acceptors (Lipinski definition) is 16. The Labute approximate surface area is 559 Å². The van der Waals surface area contributed by atoms with Gasteiger partial charge in [-0.3, -0.25) is 53.3 Å². The van der Waals surface area contributed by atoms with Crippen LogP contribution in [0.2, 0.25) is 0 Å². The maximum Gasteiger partial charge on any atom is 0.409 e. The van der Waals surface area contributed by atoms with Gasteiger partial charge >= 0.3 is 6.09 Å². The van der Waals surface area contributed by atoms with E-state index in [-0.39, 0.29) is 56.0 Å². The van der Waals surface area contributed by atoms with Gasteiger partial charge in [-0.1, -0.05) is 88.3 Å². The van der Waals surface area contributed by atoms with Gasteiger partial charge in [-0.2, -0.15) is 0 Å². The number of epoxide rings is 1. The first kappa shape index (κ1) is 80.0. The smallest absolute Gasteiger partial charge is 0.409 e. The zero-order chi connectivity index (χ0) is 71.2. The van der Waals surface area contributed by atoms with Crippen molar-refractivity contribution in [2.45, 2.75) is 234 Å². The Hall–Kier alpha value is -6.45. The maximum absolute atomic E-state index is 15.3. The predicted octanol–water partition coefficient (Wildman–Crippen LogP) is 2.68. The van der Waals surface area contributed by atoms with Crippen molar-refractivity contribution in [3.63, 3.8) is 0 Å². The number of nitrogens with zero attached hydrogens (tertiary/aromatic N) is 8. The summed E-state index contributed by atoms with van der Waals surface area (Å²) in [4.78, 5) is 172. The molecule has 0 radical (unpaired) electrons. The van der Waals surface area contributed by atoms with Crippen LogP contribution in [0.1, 0.15) is 143 Å². The fraction of sp³-hybridized carbons (Fsp3) is 0.806. The number of likely N-dealkylation sites (N-methyl/N-ethyl adjacent to an activating group) is 7. The Kier molecular flexibility index (Phi) is 30.2. The Morgan fingerprint density at radius 1 is 0.553 bits per heavy atom. The van der Waals surface area contributed by atoms with E-state index in [1.165, 1.54) is 95.3 Å². The highest BCUT2D eigenvalue weighted by atomic mass is 16.6. The van der Waals surface area contributed by atoms with Gasteiger partial charge in [0.15, 0.2) is 0 Å². The lowest BCUT2D eigenvalue weighted by atomic mass is 9.92. The van der Waals surface area contributed by atoms with Gasteiger partial charge in [0.25, 0.3) is 0 Å². The topological polar surface area (TPSA) is 302 Å². The first-order valence-corrected chi connectivity index (χ1v) is 33.8. The number of allylic oxidation sites excluding steroid dienone is 2. The van der Waals surface area contributed by atoms with Crippen molar-refractivity contribution < 1.29 is 71.7 Å². The standard InChI is InChI=1S/C67H116N12O15/c1-24-26-27-40(11)54-53-58(82)70-46(25-2)62(85)72(17)44(15)61(84)76(21)51(41(12)35-92-67(90)79-28-30-91-31-29-79)55-59(94-55)71-50(39(9)10)65(88)73(18)47(32-36(3)4)57(81)68-42(13)56(80)69-43(14)60(83)74(19)48(33-37(5)6)63(86)75(20)49(34-38(7)8)64(87)77(22)52(45(16)93-54)66(89)78(53)23/h24,26,36-55,59,71H,25,27-35H2,1-23H3,(H,68,81)(H,69,80)(H,70,82). The molecule has 4 saturated heterocycles. The first-order valence-electron chi connectivity index (χ1n) is 33.8. The van der Waals surface area contributed by atoms with Gasteiger partial charge in [0.05, 0.1) is 44.1 Å². The molecule has 27 nitrogen and oxygen atoms in total. The summed E-state index contributed by atoms with van der Waals surface area (Å²) in [5.74, 6) is -7.92. The van der Waals surface area contributed by atoms with Gasteiger partial charge in [0.2, 0.25) is 59.1 Å². The molecule has 17 unspecified atom stereocenters. The zero-order valence-corrected chi connectivity index (χ0v) is 60.6. The molecule has 2 bridgehead atoms. The number of amides is 11. The third-order valence-electron chi connectivity index (χ3n) is 18.9. The van der Waals surface area contributed by atoms with Crippen molar-refractivity contribution in [1.29, 1.82) is 0 Å². The summed E-state index contributed by atoms with van der Waals surface area (Å²) in [6.07, 6.45) is 0.579. The number of hydrogen-bond donors (Lipinski definition) is 4. The normalized spacial score (nSPS) is 31.3. The summed E-state index contributed by atoms with van der Waals surface area (Å²) in [5.41, 5.74) is 0. The molecule has 0 spiro atoms. The van der Waals surface area contributed by atoms with Crippen molar-refractivity contribution in [3.8, 4) is 0 Å². The third-order valence-corrected chi connectivity index (χ3v) is 18.9. The molecule has 0 aromatic heterocycles. The predicted molar refractivity (Wildman–Crippen MR) is 354 cm³/mol. The molecule has 0 aromatic carbocycles. The second-order valence-corrected chi connectivity index (χ2v) is 28.2. The minimum absolute atomic E-state index is 0.0668. The molecular formula is C67H116N12O15. The molecule has 0 aliphatic carbocycles. The van der Waals surface area contributed by atoms with Crippen molar-refractivity contribution in [3.05, 3.63) is 12.2 Å². The molecule has 4 aliphatic heterocycles. The van der Waals surface area contributed by atoms with E-state index in [0.29, 0.717) is 32.7 Å². The largest absolute Gasteiger partial charge is 0.449 e. The lowest BCUT2D eigenvalue weighted by Gasteiger charge is -2.39. The third kappa shape index (κ3) is 20.1. The summed E-state index contributed by atoms with van der Waals surface area (Å²) in [6.45, 7) is 29.5. The molecule has 4 rings (SSSR count). The summed E-state index contributed by atoms with van der Waals surface area (Å²) in [7, 11) is 10.4. The van der Waals surface area contributed by atoms with Crippen LogP contribution >= 0.6 is 0 Å². The average molecular weight is 1330 g/mol. The minimum Gasteiger partial charge on any atom is -0.449 e. The van der Waals surface area contributed by atoms with Gasteiger partial charge in [0.1, 0.15) is 66.7 Å². The minimum atomic E-state index is -1.34. The van der Waals surface area contributed by atoms with Gasteiger partial charge in [-0.05, 0) is 96.3 Å². The van der Waals surface area contributed by atoms with E-state index >= 15 is 19.2 Å². The quantitative estimate of drug-likeness (QED) is 0.144. The number of rotatable bonds is 14. The molecule has 4 heterocycles. The zero-order valence-electron chi connectivity index (χ0n) is 60.6. The Bertz CT molecular complexity index is 2670. The van der Waals surface area contributed by atoms with E-state index in [2.05, 4.69) is 21.3 Å². The summed E-state index contributed by atoms with van der Waals surface area (Å²) in [6, 6.07) is -12.6. The van der Waals surface area contributed by atoms with Gasteiger partial charge in [0, 0.05) is 68.3 Å². The summed E-state index contributed by atoms with van der Waals surface area (Å²) < 4.78 is 24.4. The molecular weight excluding hydrogens is 1210 g/mol. The second-order valence-electron chi connectivity index (χ2n) is 28.2. The molecule has 17 atom stereocenters. The first-order chi connectivity index (χ1) is 43.9. The number of carbonyl (C=O) groups excluding carboxylic acids is 11. The molecule has 534 valence electrons. The molecule has 94 heavy (non-hydrogen) atoms. The monoisotopic (exact) mass is 1330 g/mol. The van der Waals surface area contributed by atoms with Crippen LogP contribution in [0.15, 0.2) is 12.2 Å². The molecule has 4 fully saturated rings. The summed E-state index contributed by atoms with van der Waals surface area (Å²) >= 11 is 0. The summed E-state index contributed by atoms with van der Waals surface area (Å²) in [5, 5.41) is 11.7. The van der Waals surface area contributed by atoms with Gasteiger partial charge in [-0.25, -0.2) is 4.79 Å². The second kappa shape index (κ2) is 35.5. The molecule has 0 saturated carbocycles. The van der Waals surface area contributed by atoms with E-state index in [0.717, 1.165) is 0 Å². The van der Waals surface area contributed by atoms with E-state index < -0.39 is 168 Å². The maximum atomic E-state index is 15.3. The number of fused-ring (bicyclic) bond motifs is 4. The highest BCUT2D eigenvalue weighted by Crippen LogP contribution is 2.34. The van der Waals surface area contributed by atoms with Crippen LogP contribution in [0.25, 0.3) is 0 Å². The van der Waals surface area contributed by atoms with Crippen LogP contribution in [-0.2, 0) is 66.9 Å². The molecule has 27 heteroatoms. The van der Waals surface area contributed by atoms with E-state index in [1.54, 1.807) is 34.7 Å². The van der Waals surface area contributed by atoms with Crippen LogP contribution in [0.5, 0.6) is 0 Å². The highest BCUT2D eigenvalue weighted by Gasteiger charge is 2.54. The van der Waals surface area contributed by atoms with Crippen molar-refractivity contribution in [1.82, 2.24) is 60.5 Å². The average Bonchev–Trinajstić information content (AvgIpc) is 1.64. The molecule has 4 N–H and O–H groups in total. The van der Waals surface area contributed by atoms with Gasteiger partial charge in [-0.15, -0.1) is 0 Å². The Balaban J connectivity index is 1.89. The van der Waals surface area contributed by atoms with Crippen LogP contribution in [0.4, 0.5) is 4.79 Å². The highest BCUT2D eigenvalue weighted by molar-refractivity contribution is 5.99. The molecule has 11 amide bonds. The van der Waals surface area contributed by atoms with Gasteiger partial charge < -0.3 is 74.1 Å². The Morgan fingerprint density at radius 2 is 1.06 bits per heavy atom. The van der Waals surface area contributed by atoms with Crippen molar-refractivity contribution >= 4 is 65.2 Å². The lowest BCUT2D eigenvalue weighted by Crippen LogP contribution is -2.62. The van der Waals surface area contributed by atoms with Crippen molar-refractivity contribution in [2.24, 2.45) is 35.5 Å². The Morgan fingerprint density at radius 3 is 1.60 bits per heavy atom. The fourth-order valence-corrected chi connectivity index (χ4v) is 12.8. The number of morpholine rings is 1. The van der Waals surface area contributed by atoms with Crippen LogP contribution in [-0.4, -0.2) is 278 Å². The molecule has 4 aliphatic rings. The van der Waals surface area contributed by atoms with Crippen LogP contribution < -0.4 is 21.3 Å². The van der Waals surface area contributed by atoms with Crippen LogP contribution in [0.3, 0.4) is 0 Å². The van der Waals surface area contributed by atoms with E-state index in [9.17, 15) is 33.6 Å². The lowest BCUT2D eigenvalue weighted by molar-refractivity contribution is -0.155. The van der Waals surface area contributed by atoms with Crippen molar-refractivity contribution in [2.75, 3.05) is 82.2 Å². The fourth-order valence-electron chi connectivity index (χ4n) is 12.8. The number of carbonyl (C=O) groups is 11. The number of ether oxygens (including phenoxy) is 4.